The highest BCUT2D eigenvalue weighted by atomic mass is 19.2. The third-order valence-electron chi connectivity index (χ3n) is 7.16. The van der Waals surface area contributed by atoms with Crippen LogP contribution in [0.25, 0.3) is 11.2 Å². The van der Waals surface area contributed by atoms with Crippen molar-refractivity contribution >= 4 is 22.9 Å². The summed E-state index contributed by atoms with van der Waals surface area (Å²) in [7, 11) is 1.95. The topological polar surface area (TPSA) is 62.1 Å². The number of hydrogen-bond donors (Lipinski definition) is 1. The van der Waals surface area contributed by atoms with Crippen molar-refractivity contribution in [1.29, 1.82) is 0 Å². The lowest BCUT2D eigenvalue weighted by Crippen LogP contribution is -2.52. The average molecular weight is 474 g/mol. The highest BCUT2D eigenvalue weighted by Crippen LogP contribution is 2.33. The van der Waals surface area contributed by atoms with Crippen LogP contribution in [0, 0.1) is 30.3 Å². The molecule has 0 saturated carbocycles. The van der Waals surface area contributed by atoms with Crippen molar-refractivity contribution in [3.05, 3.63) is 41.0 Å². The summed E-state index contributed by atoms with van der Waals surface area (Å²) in [4.78, 5) is 18.6. The standard InChI is InChI=1S/C24H30F3N7/c1-13(2)34-10-15(11-34)9-28-22-21-23(29-14(3)32(21)4)31-24(30-22)33-6-5-16(12-33)17-7-18(25)20(27)19(26)8-17/h7-8,13,15-16H,5-6,9-12H2,1-4H3,(H,28,30,31). The first-order chi connectivity index (χ1) is 16.2. The quantitative estimate of drug-likeness (QED) is 0.549. The number of hydrogen-bond acceptors (Lipinski definition) is 6. The van der Waals surface area contributed by atoms with Gasteiger partial charge in [-0.1, -0.05) is 0 Å². The lowest BCUT2D eigenvalue weighted by molar-refractivity contribution is 0.0752. The normalized spacial score (nSPS) is 19.4. The van der Waals surface area contributed by atoms with E-state index in [1.54, 1.807) is 0 Å². The Kier molecular flexibility index (Phi) is 5.87. The lowest BCUT2D eigenvalue weighted by Gasteiger charge is -2.42. The van der Waals surface area contributed by atoms with E-state index in [9.17, 15) is 13.2 Å². The van der Waals surface area contributed by atoms with Crippen LogP contribution in [0.2, 0.25) is 0 Å². The average Bonchev–Trinajstić information content (AvgIpc) is 3.35. The highest BCUT2D eigenvalue weighted by Gasteiger charge is 2.30. The summed E-state index contributed by atoms with van der Waals surface area (Å²) in [5, 5.41) is 3.53. The number of nitrogens with one attached hydrogen (secondary N) is 1. The minimum atomic E-state index is -1.43. The molecule has 0 amide bonds. The fourth-order valence-electron chi connectivity index (χ4n) is 4.90. The van der Waals surface area contributed by atoms with E-state index in [0.29, 0.717) is 48.6 Å². The van der Waals surface area contributed by atoms with Gasteiger partial charge < -0.3 is 19.7 Å². The SMILES string of the molecule is Cc1nc2nc(N3CCC(c4cc(F)c(F)c(F)c4)C3)nc(NCC3CN(C(C)C)C3)c2n1C. The van der Waals surface area contributed by atoms with Crippen molar-refractivity contribution in [1.82, 2.24) is 24.4 Å². The molecule has 1 N–H and O–H groups in total. The molecule has 7 nitrogen and oxygen atoms in total. The van der Waals surface area contributed by atoms with Gasteiger partial charge in [0.1, 0.15) is 11.3 Å². The third kappa shape index (κ3) is 4.08. The number of aryl methyl sites for hydroxylation is 2. The van der Waals surface area contributed by atoms with Crippen molar-refractivity contribution in [3.63, 3.8) is 0 Å². The van der Waals surface area contributed by atoms with Crippen LogP contribution in [0.4, 0.5) is 24.9 Å². The van der Waals surface area contributed by atoms with Crippen molar-refractivity contribution < 1.29 is 13.2 Å². The zero-order valence-electron chi connectivity index (χ0n) is 19.9. The first kappa shape index (κ1) is 22.9. The molecule has 2 fully saturated rings. The molecule has 2 aliphatic rings. The highest BCUT2D eigenvalue weighted by molar-refractivity contribution is 5.85. The second kappa shape index (κ2) is 8.72. The molecule has 1 atom stereocenters. The zero-order chi connectivity index (χ0) is 24.1. The van der Waals surface area contributed by atoms with Gasteiger partial charge in [-0.3, -0.25) is 0 Å². The number of likely N-dealkylation sites (tertiary alicyclic amines) is 1. The van der Waals surface area contributed by atoms with Gasteiger partial charge in [-0.2, -0.15) is 9.97 Å². The van der Waals surface area contributed by atoms with Crippen LogP contribution in [-0.2, 0) is 7.05 Å². The van der Waals surface area contributed by atoms with E-state index in [-0.39, 0.29) is 5.92 Å². The van der Waals surface area contributed by atoms with E-state index in [2.05, 4.69) is 29.0 Å². The summed E-state index contributed by atoms with van der Waals surface area (Å²) in [6.45, 7) is 10.4. The molecule has 1 aromatic carbocycles. The summed E-state index contributed by atoms with van der Waals surface area (Å²) in [5.74, 6) is -1.20. The maximum absolute atomic E-state index is 13.8. The van der Waals surface area contributed by atoms with Crippen LogP contribution in [0.5, 0.6) is 0 Å². The second-order valence-electron chi connectivity index (χ2n) is 9.79. The van der Waals surface area contributed by atoms with Crippen LogP contribution in [0.15, 0.2) is 12.1 Å². The predicted molar refractivity (Wildman–Crippen MR) is 126 cm³/mol. The Morgan fingerprint density at radius 2 is 1.76 bits per heavy atom. The lowest BCUT2D eigenvalue weighted by atomic mass is 9.98. The molecule has 0 aliphatic carbocycles. The van der Waals surface area contributed by atoms with Crippen molar-refractivity contribution in [3.8, 4) is 0 Å². The summed E-state index contributed by atoms with van der Waals surface area (Å²) in [6, 6.07) is 2.73. The zero-order valence-corrected chi connectivity index (χ0v) is 19.9. The van der Waals surface area contributed by atoms with Crippen LogP contribution in [0.1, 0.15) is 37.6 Å². The molecule has 5 rings (SSSR count). The fraction of sp³-hybridized carbons (Fsp3) is 0.542. The Labute approximate surface area is 197 Å². The number of imidazole rings is 1. The van der Waals surface area contributed by atoms with E-state index >= 15 is 0 Å². The molecule has 2 aliphatic heterocycles. The van der Waals surface area contributed by atoms with Crippen LogP contribution < -0.4 is 10.2 Å². The number of anilines is 2. The van der Waals surface area contributed by atoms with Gasteiger partial charge in [-0.25, -0.2) is 18.2 Å². The molecule has 2 saturated heterocycles. The molecule has 3 aromatic rings. The molecule has 4 heterocycles. The summed E-state index contributed by atoms with van der Waals surface area (Å²) >= 11 is 0. The van der Waals surface area contributed by atoms with E-state index in [0.717, 1.165) is 48.9 Å². The Balaban J connectivity index is 1.37. The molecule has 2 aromatic heterocycles. The van der Waals surface area contributed by atoms with Gasteiger partial charge in [0, 0.05) is 57.6 Å². The number of halogens is 3. The van der Waals surface area contributed by atoms with Crippen LogP contribution in [-0.4, -0.2) is 63.2 Å². The molecule has 0 spiro atoms. The molecule has 34 heavy (non-hydrogen) atoms. The van der Waals surface area contributed by atoms with E-state index in [1.807, 2.05) is 23.4 Å². The molecule has 0 radical (unpaired) electrons. The number of aromatic nitrogens is 4. The van der Waals surface area contributed by atoms with Crippen LogP contribution >= 0.6 is 0 Å². The van der Waals surface area contributed by atoms with Gasteiger partial charge in [0.2, 0.25) is 5.95 Å². The van der Waals surface area contributed by atoms with Crippen molar-refractivity contribution in [2.75, 3.05) is 42.9 Å². The Morgan fingerprint density at radius 3 is 2.44 bits per heavy atom. The number of nitrogens with zero attached hydrogens (tertiary/aromatic N) is 6. The summed E-state index contributed by atoms with van der Waals surface area (Å²) in [5.41, 5.74) is 1.93. The largest absolute Gasteiger partial charge is 0.368 e. The monoisotopic (exact) mass is 473 g/mol. The Bertz CT molecular complexity index is 1200. The Morgan fingerprint density at radius 1 is 1.06 bits per heavy atom. The minimum absolute atomic E-state index is 0.136. The van der Waals surface area contributed by atoms with Gasteiger partial charge in [0.25, 0.3) is 0 Å². The van der Waals surface area contributed by atoms with Gasteiger partial charge in [-0.05, 0) is 44.9 Å². The summed E-state index contributed by atoms with van der Waals surface area (Å²) in [6.07, 6.45) is 0.670. The molecular weight excluding hydrogens is 443 g/mol. The van der Waals surface area contributed by atoms with Gasteiger partial charge in [0.15, 0.2) is 28.9 Å². The molecule has 1 unspecified atom stereocenters. The maximum Gasteiger partial charge on any atom is 0.229 e. The Hall–Kier alpha value is -2.88. The van der Waals surface area contributed by atoms with E-state index < -0.39 is 17.5 Å². The maximum atomic E-state index is 13.8. The van der Waals surface area contributed by atoms with Crippen molar-refractivity contribution in [2.24, 2.45) is 13.0 Å². The number of benzene rings is 1. The van der Waals surface area contributed by atoms with Gasteiger partial charge >= 0.3 is 0 Å². The second-order valence-corrected chi connectivity index (χ2v) is 9.79. The molecular formula is C24H30F3N7. The number of rotatable bonds is 6. The number of fused-ring (bicyclic) bond motifs is 1. The smallest absolute Gasteiger partial charge is 0.229 e. The predicted octanol–water partition coefficient (Wildman–Crippen LogP) is 3.84. The summed E-state index contributed by atoms with van der Waals surface area (Å²) < 4.78 is 42.9. The van der Waals surface area contributed by atoms with E-state index in [4.69, 9.17) is 9.97 Å². The minimum Gasteiger partial charge on any atom is -0.368 e. The molecule has 10 heteroatoms. The fourth-order valence-corrected chi connectivity index (χ4v) is 4.90. The van der Waals surface area contributed by atoms with Gasteiger partial charge in [0.05, 0.1) is 0 Å². The van der Waals surface area contributed by atoms with E-state index in [1.165, 1.54) is 0 Å². The molecule has 0 bridgehead atoms. The first-order valence-corrected chi connectivity index (χ1v) is 11.8. The molecule has 182 valence electrons. The first-order valence-electron chi connectivity index (χ1n) is 11.8. The third-order valence-corrected chi connectivity index (χ3v) is 7.16. The van der Waals surface area contributed by atoms with Crippen LogP contribution in [0.3, 0.4) is 0 Å². The van der Waals surface area contributed by atoms with Gasteiger partial charge in [-0.15, -0.1) is 0 Å². The van der Waals surface area contributed by atoms with Crippen molar-refractivity contribution in [2.45, 2.75) is 39.2 Å².